The number of benzene rings is 1. The highest BCUT2D eigenvalue weighted by molar-refractivity contribution is 5.97. The molecule has 0 aromatic heterocycles. The Morgan fingerprint density at radius 1 is 1.35 bits per heavy atom. The number of methoxy groups -OCH3 is 1. The zero-order valence-electron chi connectivity index (χ0n) is 12.9. The van der Waals surface area contributed by atoms with Crippen LogP contribution >= 0.6 is 0 Å². The first-order valence-corrected chi connectivity index (χ1v) is 7.47. The van der Waals surface area contributed by atoms with Gasteiger partial charge in [-0.25, -0.2) is 4.79 Å². The van der Waals surface area contributed by atoms with Crippen LogP contribution < -0.4 is 10.1 Å². The van der Waals surface area contributed by atoms with Gasteiger partial charge in [-0.2, -0.15) is 0 Å². The normalized spacial score (nSPS) is 17.4. The van der Waals surface area contributed by atoms with Crippen molar-refractivity contribution in [1.82, 2.24) is 10.2 Å². The van der Waals surface area contributed by atoms with Gasteiger partial charge in [0.15, 0.2) is 0 Å². The molecule has 0 spiro atoms. The fourth-order valence-corrected chi connectivity index (χ4v) is 2.61. The number of carbonyl (C=O) groups is 3. The minimum absolute atomic E-state index is 0.222. The van der Waals surface area contributed by atoms with Crippen molar-refractivity contribution in [3.63, 3.8) is 0 Å². The molecule has 1 aromatic carbocycles. The van der Waals surface area contributed by atoms with Crippen LogP contribution in [0.3, 0.4) is 0 Å². The summed E-state index contributed by atoms with van der Waals surface area (Å²) in [6.45, 7) is 0.185. The van der Waals surface area contributed by atoms with Gasteiger partial charge in [0.05, 0.1) is 13.7 Å². The van der Waals surface area contributed by atoms with Crippen LogP contribution in [0.2, 0.25) is 0 Å². The van der Waals surface area contributed by atoms with Gasteiger partial charge in [0, 0.05) is 12.1 Å². The molecule has 1 atom stereocenters. The lowest BCUT2D eigenvalue weighted by Gasteiger charge is -2.33. The highest BCUT2D eigenvalue weighted by Crippen LogP contribution is 2.17. The standard InChI is InChI=1S/C16H20N2O5/c1-23-12-6-4-5-11(9-12)15(20)17-10-14(19)18-8-3-2-7-13(18)16(21)22/h4-6,9,13H,2-3,7-8,10H2,1H3,(H,17,20)(H,21,22). The van der Waals surface area contributed by atoms with Crippen LogP contribution in [0.1, 0.15) is 29.6 Å². The van der Waals surface area contributed by atoms with E-state index in [9.17, 15) is 19.5 Å². The van der Waals surface area contributed by atoms with Crippen LogP contribution in [0.15, 0.2) is 24.3 Å². The van der Waals surface area contributed by atoms with Gasteiger partial charge in [0.25, 0.3) is 5.91 Å². The minimum Gasteiger partial charge on any atom is -0.497 e. The molecule has 0 radical (unpaired) electrons. The van der Waals surface area contributed by atoms with Crippen LogP contribution in [0.5, 0.6) is 5.75 Å². The van der Waals surface area contributed by atoms with Crippen molar-refractivity contribution in [3.05, 3.63) is 29.8 Å². The summed E-state index contributed by atoms with van der Waals surface area (Å²) in [5.41, 5.74) is 0.380. The molecule has 0 bridgehead atoms. The van der Waals surface area contributed by atoms with Crippen molar-refractivity contribution in [1.29, 1.82) is 0 Å². The minimum atomic E-state index is -1.00. The Labute approximate surface area is 134 Å². The summed E-state index contributed by atoms with van der Waals surface area (Å²) in [5, 5.41) is 11.7. The number of hydrogen-bond donors (Lipinski definition) is 2. The Bertz CT molecular complexity index is 602. The third-order valence-corrected chi connectivity index (χ3v) is 3.84. The lowest BCUT2D eigenvalue weighted by molar-refractivity contribution is -0.151. The molecule has 7 nitrogen and oxygen atoms in total. The maximum atomic E-state index is 12.2. The number of aliphatic carboxylic acids is 1. The molecule has 1 saturated heterocycles. The van der Waals surface area contributed by atoms with Crippen molar-refractivity contribution in [2.75, 3.05) is 20.2 Å². The van der Waals surface area contributed by atoms with Crippen LogP contribution in [0.25, 0.3) is 0 Å². The quantitative estimate of drug-likeness (QED) is 0.840. The molecule has 0 aliphatic carbocycles. The van der Waals surface area contributed by atoms with E-state index in [-0.39, 0.29) is 12.5 Å². The summed E-state index contributed by atoms with van der Waals surface area (Å²) in [7, 11) is 1.50. The number of hydrogen-bond acceptors (Lipinski definition) is 4. The van der Waals surface area contributed by atoms with Crippen molar-refractivity contribution in [3.8, 4) is 5.75 Å². The number of amides is 2. The molecule has 2 N–H and O–H groups in total. The predicted molar refractivity (Wildman–Crippen MR) is 82.3 cm³/mol. The van der Waals surface area contributed by atoms with Gasteiger partial charge < -0.3 is 20.1 Å². The first-order valence-electron chi connectivity index (χ1n) is 7.47. The molecule has 124 valence electrons. The zero-order valence-corrected chi connectivity index (χ0v) is 12.9. The third-order valence-electron chi connectivity index (χ3n) is 3.84. The number of carboxylic acids is 1. The average Bonchev–Trinajstić information content (AvgIpc) is 2.59. The molecule has 1 aliphatic heterocycles. The number of rotatable bonds is 5. The second-order valence-corrected chi connectivity index (χ2v) is 5.35. The Balaban J connectivity index is 1.94. The lowest BCUT2D eigenvalue weighted by Crippen LogP contribution is -2.51. The van der Waals surface area contributed by atoms with E-state index in [4.69, 9.17) is 4.74 Å². The van der Waals surface area contributed by atoms with E-state index in [1.807, 2.05) is 0 Å². The number of piperidine rings is 1. The molecule has 1 unspecified atom stereocenters. The second kappa shape index (κ2) is 7.62. The molecule has 2 rings (SSSR count). The summed E-state index contributed by atoms with van der Waals surface area (Å²) in [6.07, 6.45) is 2.02. The monoisotopic (exact) mass is 320 g/mol. The highest BCUT2D eigenvalue weighted by Gasteiger charge is 2.31. The predicted octanol–water partition coefficient (Wildman–Crippen LogP) is 0.891. The highest BCUT2D eigenvalue weighted by atomic mass is 16.5. The fourth-order valence-electron chi connectivity index (χ4n) is 2.61. The van der Waals surface area contributed by atoms with Gasteiger partial charge in [-0.05, 0) is 37.5 Å². The molecule has 1 fully saturated rings. The van der Waals surface area contributed by atoms with E-state index in [0.717, 1.165) is 12.8 Å². The fraction of sp³-hybridized carbons (Fsp3) is 0.438. The van der Waals surface area contributed by atoms with E-state index >= 15 is 0 Å². The maximum absolute atomic E-state index is 12.2. The maximum Gasteiger partial charge on any atom is 0.326 e. The van der Waals surface area contributed by atoms with Crippen molar-refractivity contribution < 1.29 is 24.2 Å². The molecule has 1 heterocycles. The molecular formula is C16H20N2O5. The largest absolute Gasteiger partial charge is 0.497 e. The molecule has 23 heavy (non-hydrogen) atoms. The topological polar surface area (TPSA) is 95.9 Å². The second-order valence-electron chi connectivity index (χ2n) is 5.35. The van der Waals surface area contributed by atoms with E-state index < -0.39 is 17.9 Å². The molecule has 7 heteroatoms. The van der Waals surface area contributed by atoms with Crippen LogP contribution in [0, 0.1) is 0 Å². The summed E-state index contributed by atoms with van der Waals surface area (Å²) in [4.78, 5) is 36.8. The Hall–Kier alpha value is -2.57. The van der Waals surface area contributed by atoms with Gasteiger partial charge in [-0.3, -0.25) is 9.59 Å². The average molecular weight is 320 g/mol. The van der Waals surface area contributed by atoms with Crippen LogP contribution in [0.4, 0.5) is 0 Å². The third kappa shape index (κ3) is 4.21. The van der Waals surface area contributed by atoms with E-state index in [0.29, 0.717) is 24.3 Å². The van der Waals surface area contributed by atoms with Gasteiger partial charge in [-0.1, -0.05) is 6.07 Å². The summed E-state index contributed by atoms with van der Waals surface area (Å²) < 4.78 is 5.05. The smallest absolute Gasteiger partial charge is 0.326 e. The first-order chi connectivity index (χ1) is 11.0. The van der Waals surface area contributed by atoms with Gasteiger partial charge in [0.1, 0.15) is 11.8 Å². The first kappa shape index (κ1) is 16.8. The van der Waals surface area contributed by atoms with E-state index in [1.165, 1.54) is 12.0 Å². The van der Waals surface area contributed by atoms with Crippen molar-refractivity contribution in [2.45, 2.75) is 25.3 Å². The van der Waals surface area contributed by atoms with Gasteiger partial charge in [0.2, 0.25) is 5.91 Å². The van der Waals surface area contributed by atoms with E-state index in [1.54, 1.807) is 24.3 Å². The molecule has 1 aromatic rings. The number of likely N-dealkylation sites (tertiary alicyclic amines) is 1. The Kier molecular flexibility index (Phi) is 5.56. The van der Waals surface area contributed by atoms with Crippen molar-refractivity contribution in [2.24, 2.45) is 0 Å². The molecule has 0 saturated carbocycles. The summed E-state index contributed by atoms with van der Waals surface area (Å²) in [5.74, 6) is -1.24. The van der Waals surface area contributed by atoms with E-state index in [2.05, 4.69) is 5.32 Å². The summed E-state index contributed by atoms with van der Waals surface area (Å²) in [6, 6.07) is 5.78. The molecule has 1 aliphatic rings. The van der Waals surface area contributed by atoms with Crippen LogP contribution in [-0.4, -0.2) is 54.0 Å². The number of nitrogens with zero attached hydrogens (tertiary/aromatic N) is 1. The number of ether oxygens (including phenoxy) is 1. The Morgan fingerprint density at radius 3 is 2.83 bits per heavy atom. The zero-order chi connectivity index (χ0) is 16.8. The van der Waals surface area contributed by atoms with Crippen LogP contribution in [-0.2, 0) is 9.59 Å². The number of nitrogens with one attached hydrogen (secondary N) is 1. The van der Waals surface area contributed by atoms with Gasteiger partial charge in [-0.15, -0.1) is 0 Å². The summed E-state index contributed by atoms with van der Waals surface area (Å²) >= 11 is 0. The van der Waals surface area contributed by atoms with Crippen molar-refractivity contribution >= 4 is 17.8 Å². The van der Waals surface area contributed by atoms with Gasteiger partial charge >= 0.3 is 5.97 Å². The lowest BCUT2D eigenvalue weighted by atomic mass is 10.0. The molecule has 2 amide bonds. The Morgan fingerprint density at radius 2 is 2.13 bits per heavy atom. The molecular weight excluding hydrogens is 300 g/mol. The SMILES string of the molecule is COc1cccc(C(=O)NCC(=O)N2CCCCC2C(=O)O)c1. The number of carbonyl (C=O) groups excluding carboxylic acids is 2. The number of carboxylic acid groups (broad SMARTS) is 1.